The van der Waals surface area contributed by atoms with Crippen LogP contribution in [0.4, 0.5) is 5.82 Å². The van der Waals surface area contributed by atoms with Crippen molar-refractivity contribution in [2.45, 2.75) is 25.4 Å². The van der Waals surface area contributed by atoms with E-state index in [1.807, 2.05) is 11.9 Å². The molecule has 1 aliphatic rings. The monoisotopic (exact) mass is 265 g/mol. The highest BCUT2D eigenvalue weighted by Crippen LogP contribution is 2.27. The minimum Gasteiger partial charge on any atom is -0.463 e. The van der Waals surface area contributed by atoms with Crippen LogP contribution >= 0.6 is 0 Å². The van der Waals surface area contributed by atoms with Crippen molar-refractivity contribution in [3.63, 3.8) is 0 Å². The zero-order chi connectivity index (χ0) is 13.8. The van der Waals surface area contributed by atoms with Crippen LogP contribution < -0.4 is 4.90 Å². The van der Waals surface area contributed by atoms with Crippen molar-refractivity contribution in [1.29, 1.82) is 0 Å². The average Bonchev–Trinajstić information content (AvgIpc) is 2.83. The largest absolute Gasteiger partial charge is 0.463 e. The molecule has 0 bridgehead atoms. The number of ether oxygens (including phenoxy) is 1. The lowest BCUT2D eigenvalue weighted by Crippen LogP contribution is -2.30. The first-order valence-corrected chi connectivity index (χ1v) is 6.42. The SMILES string of the molecule is COC(=O)c1nccc(N(C)CC2CCCC2O)n1. The van der Waals surface area contributed by atoms with Crippen LogP contribution in [0.25, 0.3) is 0 Å². The molecule has 2 rings (SSSR count). The number of rotatable bonds is 4. The van der Waals surface area contributed by atoms with E-state index >= 15 is 0 Å². The number of aliphatic hydroxyl groups excluding tert-OH is 1. The summed E-state index contributed by atoms with van der Waals surface area (Å²) >= 11 is 0. The molecule has 0 spiro atoms. The summed E-state index contributed by atoms with van der Waals surface area (Å²) in [6, 6.07) is 1.74. The fraction of sp³-hybridized carbons (Fsp3) is 0.615. The van der Waals surface area contributed by atoms with Gasteiger partial charge in [-0.15, -0.1) is 0 Å². The molecule has 19 heavy (non-hydrogen) atoms. The van der Waals surface area contributed by atoms with Gasteiger partial charge in [-0.3, -0.25) is 0 Å². The van der Waals surface area contributed by atoms with Gasteiger partial charge in [0.2, 0.25) is 5.82 Å². The van der Waals surface area contributed by atoms with Crippen LogP contribution in [0.2, 0.25) is 0 Å². The van der Waals surface area contributed by atoms with Crippen molar-refractivity contribution in [2.24, 2.45) is 5.92 Å². The molecule has 1 saturated carbocycles. The van der Waals surface area contributed by atoms with Gasteiger partial charge in [0, 0.05) is 25.7 Å². The molecule has 1 N–H and O–H groups in total. The normalized spacial score (nSPS) is 22.3. The maximum Gasteiger partial charge on any atom is 0.376 e. The number of carbonyl (C=O) groups is 1. The molecular weight excluding hydrogens is 246 g/mol. The third kappa shape index (κ3) is 3.20. The van der Waals surface area contributed by atoms with Crippen molar-refractivity contribution in [3.8, 4) is 0 Å². The molecule has 6 nitrogen and oxygen atoms in total. The lowest BCUT2D eigenvalue weighted by molar-refractivity contribution is 0.0586. The first kappa shape index (κ1) is 13.7. The minimum absolute atomic E-state index is 0.0545. The van der Waals surface area contributed by atoms with Crippen LogP contribution in [0.5, 0.6) is 0 Å². The second kappa shape index (κ2) is 5.97. The number of aromatic nitrogens is 2. The molecule has 0 amide bonds. The number of aliphatic hydroxyl groups is 1. The molecule has 6 heteroatoms. The van der Waals surface area contributed by atoms with Gasteiger partial charge in [-0.1, -0.05) is 6.42 Å². The van der Waals surface area contributed by atoms with Gasteiger partial charge < -0.3 is 14.7 Å². The van der Waals surface area contributed by atoms with Gasteiger partial charge in [0.15, 0.2) is 0 Å². The molecule has 2 atom stereocenters. The molecule has 1 aromatic heterocycles. The molecule has 1 aliphatic carbocycles. The summed E-state index contributed by atoms with van der Waals surface area (Å²) in [5.41, 5.74) is 0. The Labute approximate surface area is 112 Å². The summed E-state index contributed by atoms with van der Waals surface area (Å²) in [5.74, 6) is 0.436. The quantitative estimate of drug-likeness (QED) is 0.814. The summed E-state index contributed by atoms with van der Waals surface area (Å²) in [6.45, 7) is 0.721. The minimum atomic E-state index is -0.545. The molecule has 1 fully saturated rings. The van der Waals surface area contributed by atoms with Crippen LogP contribution in [0, 0.1) is 5.92 Å². The smallest absolute Gasteiger partial charge is 0.376 e. The summed E-state index contributed by atoms with van der Waals surface area (Å²) in [7, 11) is 3.20. The van der Waals surface area contributed by atoms with Gasteiger partial charge in [-0.05, 0) is 18.9 Å². The van der Waals surface area contributed by atoms with Crippen LogP contribution in [-0.4, -0.2) is 47.8 Å². The number of nitrogens with zero attached hydrogens (tertiary/aromatic N) is 3. The van der Waals surface area contributed by atoms with Crippen molar-refractivity contribution in [1.82, 2.24) is 9.97 Å². The van der Waals surface area contributed by atoms with Crippen LogP contribution in [0.1, 0.15) is 29.9 Å². The van der Waals surface area contributed by atoms with Gasteiger partial charge in [-0.25, -0.2) is 14.8 Å². The Bertz CT molecular complexity index is 453. The van der Waals surface area contributed by atoms with Gasteiger partial charge >= 0.3 is 5.97 Å². The molecule has 104 valence electrons. The average molecular weight is 265 g/mol. The Hall–Kier alpha value is -1.69. The first-order chi connectivity index (χ1) is 9.11. The number of hydrogen-bond donors (Lipinski definition) is 1. The van der Waals surface area contributed by atoms with Crippen LogP contribution in [0.15, 0.2) is 12.3 Å². The predicted molar refractivity (Wildman–Crippen MR) is 70.0 cm³/mol. The van der Waals surface area contributed by atoms with E-state index in [2.05, 4.69) is 14.7 Å². The number of esters is 1. The number of anilines is 1. The Morgan fingerprint density at radius 1 is 1.58 bits per heavy atom. The lowest BCUT2D eigenvalue weighted by atomic mass is 10.1. The number of carbonyl (C=O) groups excluding carboxylic acids is 1. The van der Waals surface area contributed by atoms with Crippen molar-refractivity contribution >= 4 is 11.8 Å². The Morgan fingerprint density at radius 2 is 2.37 bits per heavy atom. The first-order valence-electron chi connectivity index (χ1n) is 6.42. The maximum absolute atomic E-state index is 11.4. The van der Waals surface area contributed by atoms with Gasteiger partial charge in [-0.2, -0.15) is 0 Å². The second-order valence-corrected chi connectivity index (χ2v) is 4.87. The third-order valence-corrected chi connectivity index (χ3v) is 3.53. The highest BCUT2D eigenvalue weighted by atomic mass is 16.5. The van der Waals surface area contributed by atoms with E-state index in [0.29, 0.717) is 5.82 Å². The molecule has 1 aromatic rings. The van der Waals surface area contributed by atoms with Crippen molar-refractivity contribution in [2.75, 3.05) is 25.6 Å². The molecule has 2 unspecified atom stereocenters. The molecule has 0 aromatic carbocycles. The number of methoxy groups -OCH3 is 1. The van der Waals surface area contributed by atoms with Gasteiger partial charge in [0.25, 0.3) is 0 Å². The van der Waals surface area contributed by atoms with E-state index in [-0.39, 0.29) is 17.8 Å². The fourth-order valence-electron chi connectivity index (χ4n) is 2.43. The third-order valence-electron chi connectivity index (χ3n) is 3.53. The molecule has 0 saturated heterocycles. The summed E-state index contributed by atoms with van der Waals surface area (Å²) in [4.78, 5) is 21.4. The zero-order valence-corrected chi connectivity index (χ0v) is 11.2. The summed E-state index contributed by atoms with van der Waals surface area (Å²) in [6.07, 6.45) is 4.27. The highest BCUT2D eigenvalue weighted by molar-refractivity contribution is 5.85. The van der Waals surface area contributed by atoms with E-state index in [9.17, 15) is 9.90 Å². The number of hydrogen-bond acceptors (Lipinski definition) is 6. The standard InChI is InChI=1S/C13H19N3O3/c1-16(8-9-4-3-5-10(9)17)11-6-7-14-12(15-11)13(18)19-2/h6-7,9-10,17H,3-5,8H2,1-2H3. The highest BCUT2D eigenvalue weighted by Gasteiger charge is 2.26. The van der Waals surface area contributed by atoms with Crippen molar-refractivity contribution < 1.29 is 14.6 Å². The Morgan fingerprint density at radius 3 is 3.00 bits per heavy atom. The second-order valence-electron chi connectivity index (χ2n) is 4.87. The summed E-state index contributed by atoms with van der Waals surface area (Å²) < 4.78 is 4.60. The van der Waals surface area contributed by atoms with Crippen LogP contribution in [-0.2, 0) is 4.74 Å². The van der Waals surface area contributed by atoms with E-state index in [1.54, 1.807) is 6.07 Å². The Balaban J connectivity index is 2.06. The van der Waals surface area contributed by atoms with Crippen molar-refractivity contribution in [3.05, 3.63) is 18.1 Å². The van der Waals surface area contributed by atoms with Crippen LogP contribution in [0.3, 0.4) is 0 Å². The zero-order valence-electron chi connectivity index (χ0n) is 11.2. The Kier molecular flexibility index (Phi) is 4.31. The van der Waals surface area contributed by atoms with E-state index in [0.717, 1.165) is 25.8 Å². The molecule has 0 radical (unpaired) electrons. The maximum atomic E-state index is 11.4. The summed E-state index contributed by atoms with van der Waals surface area (Å²) in [5, 5.41) is 9.83. The topological polar surface area (TPSA) is 75.5 Å². The van der Waals surface area contributed by atoms with E-state index in [4.69, 9.17) is 0 Å². The van der Waals surface area contributed by atoms with Gasteiger partial charge in [0.1, 0.15) is 5.82 Å². The molecular formula is C13H19N3O3. The van der Waals surface area contributed by atoms with Gasteiger partial charge in [0.05, 0.1) is 13.2 Å². The van der Waals surface area contributed by atoms with E-state index in [1.165, 1.54) is 13.3 Å². The lowest BCUT2D eigenvalue weighted by Gasteiger charge is -2.24. The molecule has 1 heterocycles. The van der Waals surface area contributed by atoms with E-state index < -0.39 is 5.97 Å². The predicted octanol–water partition coefficient (Wildman–Crippen LogP) is 0.860. The fourth-order valence-corrected chi connectivity index (χ4v) is 2.43. The molecule has 0 aliphatic heterocycles.